The van der Waals surface area contributed by atoms with Crippen LogP contribution < -0.4 is 10.5 Å². The number of pyridine rings is 1. The Morgan fingerprint density at radius 3 is 2.46 bits per heavy atom. The fourth-order valence-electron chi connectivity index (χ4n) is 6.54. The number of aliphatic hydroxyl groups excluding tert-OH is 1. The molecule has 39 heavy (non-hydrogen) atoms. The summed E-state index contributed by atoms with van der Waals surface area (Å²) < 4.78 is 16.6. The molecule has 2 aliphatic rings. The lowest BCUT2D eigenvalue weighted by atomic mass is 9.71. The van der Waals surface area contributed by atoms with Gasteiger partial charge in [-0.2, -0.15) is 5.10 Å². The Hall–Kier alpha value is -3.59. The Labute approximate surface area is 227 Å². The highest BCUT2D eigenvalue weighted by Crippen LogP contribution is 2.41. The zero-order valence-corrected chi connectivity index (χ0v) is 22.7. The predicted molar refractivity (Wildman–Crippen MR) is 149 cm³/mol. The van der Waals surface area contributed by atoms with Crippen LogP contribution in [0.25, 0.3) is 22.2 Å². The Kier molecular flexibility index (Phi) is 6.49. The van der Waals surface area contributed by atoms with Gasteiger partial charge in [-0.05, 0) is 81.0 Å². The number of rotatable bonds is 6. The number of hydrogen-bond acceptors (Lipinski definition) is 6. The van der Waals surface area contributed by atoms with Gasteiger partial charge in [0.2, 0.25) is 0 Å². The van der Waals surface area contributed by atoms with E-state index in [9.17, 15) is 14.3 Å². The second kappa shape index (κ2) is 9.86. The van der Waals surface area contributed by atoms with E-state index in [4.69, 9.17) is 4.98 Å². The monoisotopic (exact) mass is 530 g/mol. The minimum Gasteiger partial charge on any atom is -0.394 e. The van der Waals surface area contributed by atoms with Crippen molar-refractivity contribution < 1.29 is 9.50 Å². The normalized spacial score (nSPS) is 21.5. The van der Waals surface area contributed by atoms with Gasteiger partial charge in [0.25, 0.3) is 5.56 Å². The van der Waals surface area contributed by atoms with Crippen LogP contribution in [0.2, 0.25) is 0 Å². The highest BCUT2D eigenvalue weighted by atomic mass is 19.1. The van der Waals surface area contributed by atoms with Crippen LogP contribution in [0, 0.1) is 23.6 Å². The SMILES string of the molecule is Cn1cc(-c2nc(N3CC4CC(Cc5ccc(F)cc5)CC(C4)C3)cc3c(=O)n(C(C)(C)CO)cnc23)cn1. The Morgan fingerprint density at radius 1 is 1.10 bits per heavy atom. The summed E-state index contributed by atoms with van der Waals surface area (Å²) in [6.07, 6.45) is 9.60. The number of anilines is 1. The van der Waals surface area contributed by atoms with Crippen molar-refractivity contribution in [3.63, 3.8) is 0 Å². The molecule has 2 atom stereocenters. The average molecular weight is 531 g/mol. The van der Waals surface area contributed by atoms with Crippen LogP contribution in [0.3, 0.4) is 0 Å². The summed E-state index contributed by atoms with van der Waals surface area (Å²) in [6, 6.07) is 8.80. The van der Waals surface area contributed by atoms with Crippen molar-refractivity contribution >= 4 is 16.7 Å². The number of benzene rings is 1. The highest BCUT2D eigenvalue weighted by molar-refractivity contribution is 5.92. The first-order valence-corrected chi connectivity index (χ1v) is 13.7. The first-order valence-electron chi connectivity index (χ1n) is 13.7. The molecule has 8 nitrogen and oxygen atoms in total. The van der Waals surface area contributed by atoms with Crippen molar-refractivity contribution in [1.82, 2.24) is 24.3 Å². The molecular formula is C30H35FN6O2. The number of piperidine rings is 1. The van der Waals surface area contributed by atoms with E-state index in [0.717, 1.165) is 43.7 Å². The molecule has 1 N–H and O–H groups in total. The first-order chi connectivity index (χ1) is 18.7. The van der Waals surface area contributed by atoms with Gasteiger partial charge in [0.05, 0.1) is 30.1 Å². The topological polar surface area (TPSA) is 89.1 Å². The van der Waals surface area contributed by atoms with Gasteiger partial charge >= 0.3 is 0 Å². The standard InChI is InChI=1S/C30H35FN6O2/c1-30(2,17-38)37-18-32-28-25(29(37)39)12-26(34-27(28)23-13-33-35(3)16-23)36-14-21-9-20(10-22(11-21)15-36)8-19-4-6-24(31)7-5-19/h4-7,12-13,16,18,20-22,38H,8-11,14-15,17H2,1-3H3. The molecule has 0 radical (unpaired) electrons. The van der Waals surface area contributed by atoms with Gasteiger partial charge in [0, 0.05) is 31.9 Å². The number of nitrogens with zero attached hydrogens (tertiary/aromatic N) is 6. The van der Waals surface area contributed by atoms with Crippen molar-refractivity contribution in [2.24, 2.45) is 24.8 Å². The van der Waals surface area contributed by atoms with Crippen LogP contribution in [0.1, 0.15) is 38.7 Å². The molecule has 6 rings (SSSR count). The fourth-order valence-corrected chi connectivity index (χ4v) is 6.54. The summed E-state index contributed by atoms with van der Waals surface area (Å²) in [4.78, 5) is 25.8. The zero-order valence-electron chi connectivity index (χ0n) is 22.7. The number of halogens is 1. The lowest BCUT2D eigenvalue weighted by Gasteiger charge is -2.45. The Morgan fingerprint density at radius 2 is 1.82 bits per heavy atom. The molecule has 1 aromatic carbocycles. The van der Waals surface area contributed by atoms with Crippen LogP contribution in [-0.2, 0) is 19.0 Å². The molecule has 2 fully saturated rings. The molecule has 1 saturated heterocycles. The van der Waals surface area contributed by atoms with Crippen LogP contribution in [-0.4, -0.2) is 49.1 Å². The lowest BCUT2D eigenvalue weighted by molar-refractivity contribution is 0.160. The van der Waals surface area contributed by atoms with E-state index in [1.807, 2.05) is 45.3 Å². The lowest BCUT2D eigenvalue weighted by Crippen LogP contribution is -2.45. The molecule has 1 aliphatic heterocycles. The molecule has 0 amide bonds. The molecule has 204 valence electrons. The van der Waals surface area contributed by atoms with Crippen molar-refractivity contribution in [3.8, 4) is 11.3 Å². The number of aromatic nitrogens is 5. The number of hydrogen-bond donors (Lipinski definition) is 1. The van der Waals surface area contributed by atoms with Crippen molar-refractivity contribution in [3.05, 3.63) is 70.8 Å². The van der Waals surface area contributed by atoms with E-state index in [1.165, 1.54) is 22.9 Å². The van der Waals surface area contributed by atoms with Crippen molar-refractivity contribution in [2.75, 3.05) is 24.6 Å². The summed E-state index contributed by atoms with van der Waals surface area (Å²) in [5, 5.41) is 14.7. The summed E-state index contributed by atoms with van der Waals surface area (Å²) >= 11 is 0. The molecule has 0 spiro atoms. The van der Waals surface area contributed by atoms with E-state index in [2.05, 4.69) is 15.0 Å². The van der Waals surface area contributed by atoms with Gasteiger partial charge in [-0.15, -0.1) is 0 Å². The van der Waals surface area contributed by atoms with Gasteiger partial charge in [0.1, 0.15) is 22.8 Å². The number of aliphatic hydroxyl groups is 1. The van der Waals surface area contributed by atoms with Gasteiger partial charge in [0.15, 0.2) is 0 Å². The summed E-state index contributed by atoms with van der Waals surface area (Å²) in [7, 11) is 1.86. The van der Waals surface area contributed by atoms with Crippen LogP contribution in [0.4, 0.5) is 10.2 Å². The maximum Gasteiger partial charge on any atom is 0.261 e. The van der Waals surface area contributed by atoms with E-state index < -0.39 is 5.54 Å². The van der Waals surface area contributed by atoms with Gasteiger partial charge in [-0.3, -0.25) is 14.0 Å². The van der Waals surface area contributed by atoms with E-state index in [-0.39, 0.29) is 18.0 Å². The summed E-state index contributed by atoms with van der Waals surface area (Å²) in [5.41, 5.74) is 2.23. The molecule has 2 bridgehead atoms. The molecule has 3 aromatic heterocycles. The van der Waals surface area contributed by atoms with Gasteiger partial charge in [-0.25, -0.2) is 14.4 Å². The molecule has 1 saturated carbocycles. The summed E-state index contributed by atoms with van der Waals surface area (Å²) in [5.74, 6) is 2.27. The average Bonchev–Trinajstić information content (AvgIpc) is 3.35. The van der Waals surface area contributed by atoms with Gasteiger partial charge < -0.3 is 10.0 Å². The quantitative estimate of drug-likeness (QED) is 0.403. The zero-order chi connectivity index (χ0) is 27.3. The Bertz CT molecular complexity index is 1550. The third-order valence-electron chi connectivity index (χ3n) is 8.47. The summed E-state index contributed by atoms with van der Waals surface area (Å²) in [6.45, 7) is 5.23. The smallest absolute Gasteiger partial charge is 0.261 e. The van der Waals surface area contributed by atoms with Crippen LogP contribution in [0.15, 0.2) is 53.8 Å². The number of fused-ring (bicyclic) bond motifs is 3. The van der Waals surface area contributed by atoms with E-state index in [1.54, 1.807) is 23.0 Å². The third-order valence-corrected chi connectivity index (χ3v) is 8.47. The minimum absolute atomic E-state index is 0.179. The first kappa shape index (κ1) is 25.7. The molecule has 2 unspecified atom stereocenters. The largest absolute Gasteiger partial charge is 0.394 e. The number of aryl methyl sites for hydroxylation is 1. The molecule has 1 aliphatic carbocycles. The van der Waals surface area contributed by atoms with E-state index >= 15 is 0 Å². The second-order valence-electron chi connectivity index (χ2n) is 12.1. The minimum atomic E-state index is -0.780. The van der Waals surface area contributed by atoms with Gasteiger partial charge in [-0.1, -0.05) is 12.1 Å². The fraction of sp³-hybridized carbons (Fsp3) is 0.467. The molecule has 4 heterocycles. The molecule has 4 aromatic rings. The molecular weight excluding hydrogens is 495 g/mol. The Balaban J connectivity index is 1.34. The molecule has 9 heteroatoms. The second-order valence-corrected chi connectivity index (χ2v) is 12.1. The van der Waals surface area contributed by atoms with Crippen molar-refractivity contribution in [1.29, 1.82) is 0 Å². The maximum absolute atomic E-state index is 13.7. The maximum atomic E-state index is 13.7. The highest BCUT2D eigenvalue weighted by Gasteiger charge is 2.36. The predicted octanol–water partition coefficient (Wildman–Crippen LogP) is 4.15. The van der Waals surface area contributed by atoms with Crippen LogP contribution in [0.5, 0.6) is 0 Å². The third kappa shape index (κ3) is 4.95. The van der Waals surface area contributed by atoms with E-state index in [0.29, 0.717) is 34.4 Å². The van der Waals surface area contributed by atoms with Crippen LogP contribution >= 0.6 is 0 Å². The van der Waals surface area contributed by atoms with Crippen molar-refractivity contribution in [2.45, 2.75) is 45.1 Å².